The summed E-state index contributed by atoms with van der Waals surface area (Å²) >= 11 is 9.35. The SMILES string of the molecule is CNC(c1ccc(F)c(F)c1Br)c1c(Cl)cnn1C(C)C. The third-order valence-corrected chi connectivity index (χ3v) is 4.31. The normalized spacial score (nSPS) is 13.0. The van der Waals surface area contributed by atoms with Crippen LogP contribution in [0.1, 0.15) is 37.2 Å². The number of nitrogens with zero attached hydrogens (tertiary/aromatic N) is 2. The van der Waals surface area contributed by atoms with E-state index in [4.69, 9.17) is 11.6 Å². The molecule has 1 atom stereocenters. The first-order chi connectivity index (χ1) is 9.88. The third-order valence-electron chi connectivity index (χ3n) is 3.21. The molecule has 0 aliphatic carbocycles. The lowest BCUT2D eigenvalue weighted by Gasteiger charge is -2.22. The van der Waals surface area contributed by atoms with Crippen LogP contribution in [0.5, 0.6) is 0 Å². The van der Waals surface area contributed by atoms with Crippen molar-refractivity contribution in [1.29, 1.82) is 0 Å². The number of rotatable bonds is 4. The van der Waals surface area contributed by atoms with Crippen LogP contribution < -0.4 is 5.32 Å². The highest BCUT2D eigenvalue weighted by molar-refractivity contribution is 9.10. The van der Waals surface area contributed by atoms with E-state index in [1.807, 2.05) is 13.8 Å². The smallest absolute Gasteiger partial charge is 0.173 e. The maximum atomic E-state index is 13.8. The first-order valence-electron chi connectivity index (χ1n) is 6.42. The van der Waals surface area contributed by atoms with Gasteiger partial charge in [-0.3, -0.25) is 4.68 Å². The first kappa shape index (κ1) is 16.4. The highest BCUT2D eigenvalue weighted by Crippen LogP contribution is 2.35. The Morgan fingerprint density at radius 1 is 1.33 bits per heavy atom. The van der Waals surface area contributed by atoms with Gasteiger partial charge in [0.15, 0.2) is 11.6 Å². The molecule has 0 bridgehead atoms. The minimum absolute atomic E-state index is 0.0782. The molecule has 0 fully saturated rings. The fraction of sp³-hybridized carbons (Fsp3) is 0.357. The van der Waals surface area contributed by atoms with Crippen molar-refractivity contribution in [2.24, 2.45) is 0 Å². The van der Waals surface area contributed by atoms with Gasteiger partial charge in [0.2, 0.25) is 0 Å². The summed E-state index contributed by atoms with van der Waals surface area (Å²) in [5.74, 6) is -1.82. The zero-order chi connectivity index (χ0) is 15.7. The maximum absolute atomic E-state index is 13.8. The number of nitrogens with one attached hydrogen (secondary N) is 1. The summed E-state index contributed by atoms with van der Waals surface area (Å²) in [5.41, 5.74) is 1.27. The summed E-state index contributed by atoms with van der Waals surface area (Å²) in [6, 6.07) is 2.31. The van der Waals surface area contributed by atoms with Gasteiger partial charge < -0.3 is 5.32 Å². The summed E-state index contributed by atoms with van der Waals surface area (Å²) in [7, 11) is 1.73. The third kappa shape index (κ3) is 2.98. The number of hydrogen-bond donors (Lipinski definition) is 1. The molecule has 21 heavy (non-hydrogen) atoms. The van der Waals surface area contributed by atoms with Crippen LogP contribution in [0.15, 0.2) is 22.8 Å². The van der Waals surface area contributed by atoms with Gasteiger partial charge in [0.05, 0.1) is 27.4 Å². The number of benzene rings is 1. The Balaban J connectivity index is 2.61. The van der Waals surface area contributed by atoms with E-state index in [0.29, 0.717) is 16.3 Å². The summed E-state index contributed by atoms with van der Waals surface area (Å²) in [5, 5.41) is 7.79. The zero-order valence-corrected chi connectivity index (χ0v) is 14.1. The molecule has 7 heteroatoms. The molecule has 1 aromatic heterocycles. The Labute approximate surface area is 135 Å². The van der Waals surface area contributed by atoms with E-state index in [1.54, 1.807) is 17.9 Å². The van der Waals surface area contributed by atoms with Crippen LogP contribution in [0.2, 0.25) is 5.02 Å². The van der Waals surface area contributed by atoms with Gasteiger partial charge in [0.1, 0.15) is 0 Å². The summed E-state index contributed by atoms with van der Waals surface area (Å²) < 4.78 is 28.9. The molecule has 3 nitrogen and oxygen atoms in total. The van der Waals surface area contributed by atoms with E-state index in [-0.39, 0.29) is 10.5 Å². The molecular weight excluding hydrogens is 364 g/mol. The lowest BCUT2D eigenvalue weighted by Crippen LogP contribution is -2.23. The molecule has 0 spiro atoms. The molecular formula is C14H15BrClF2N3. The van der Waals surface area contributed by atoms with Gasteiger partial charge in [0.25, 0.3) is 0 Å². The van der Waals surface area contributed by atoms with E-state index in [9.17, 15) is 8.78 Å². The molecule has 2 rings (SSSR count). The van der Waals surface area contributed by atoms with Crippen molar-refractivity contribution in [3.8, 4) is 0 Å². The molecule has 1 heterocycles. The highest BCUT2D eigenvalue weighted by atomic mass is 79.9. The maximum Gasteiger partial charge on any atom is 0.173 e. The van der Waals surface area contributed by atoms with Gasteiger partial charge >= 0.3 is 0 Å². The monoisotopic (exact) mass is 377 g/mol. The summed E-state index contributed by atoms with van der Waals surface area (Å²) in [6.07, 6.45) is 1.55. The Morgan fingerprint density at radius 2 is 2.00 bits per heavy atom. The molecule has 0 aliphatic rings. The average Bonchev–Trinajstić information content (AvgIpc) is 2.82. The number of aromatic nitrogens is 2. The van der Waals surface area contributed by atoms with Crippen LogP contribution in [-0.2, 0) is 0 Å². The summed E-state index contributed by atoms with van der Waals surface area (Å²) in [4.78, 5) is 0. The Kier molecular flexibility index (Phi) is 5.01. The van der Waals surface area contributed by atoms with E-state index in [1.165, 1.54) is 6.07 Å². The van der Waals surface area contributed by atoms with Gasteiger partial charge in [-0.05, 0) is 48.5 Å². The second-order valence-electron chi connectivity index (χ2n) is 4.90. The quantitative estimate of drug-likeness (QED) is 0.796. The predicted octanol–water partition coefficient (Wildman–Crippen LogP) is 4.47. The molecule has 1 unspecified atom stereocenters. The van der Waals surface area contributed by atoms with Gasteiger partial charge in [0, 0.05) is 6.04 Å². The van der Waals surface area contributed by atoms with Gasteiger partial charge in [-0.1, -0.05) is 17.7 Å². The van der Waals surface area contributed by atoms with Crippen LogP contribution >= 0.6 is 27.5 Å². The van der Waals surface area contributed by atoms with E-state index >= 15 is 0 Å². The molecule has 1 N–H and O–H groups in total. The minimum atomic E-state index is -0.917. The van der Waals surface area contributed by atoms with E-state index in [2.05, 4.69) is 26.3 Å². The molecule has 0 radical (unpaired) electrons. The van der Waals surface area contributed by atoms with Crippen LogP contribution in [0, 0.1) is 11.6 Å². The summed E-state index contributed by atoms with van der Waals surface area (Å²) in [6.45, 7) is 3.94. The molecule has 1 aromatic carbocycles. The van der Waals surface area contributed by atoms with E-state index in [0.717, 1.165) is 6.07 Å². The zero-order valence-electron chi connectivity index (χ0n) is 11.8. The number of halogens is 4. The fourth-order valence-electron chi connectivity index (χ4n) is 2.24. The van der Waals surface area contributed by atoms with Crippen LogP contribution in [0.4, 0.5) is 8.78 Å². The van der Waals surface area contributed by atoms with E-state index < -0.39 is 17.7 Å². The molecule has 0 saturated heterocycles. The standard InChI is InChI=1S/C14H15BrClF2N3/c1-7(2)21-14(9(16)6-20-21)13(19-3)8-4-5-10(17)12(18)11(8)15/h4-7,13,19H,1-3H3. The second-order valence-corrected chi connectivity index (χ2v) is 6.10. The lowest BCUT2D eigenvalue weighted by atomic mass is 10.0. The highest BCUT2D eigenvalue weighted by Gasteiger charge is 2.25. The van der Waals surface area contributed by atoms with Crippen LogP contribution in [-0.4, -0.2) is 16.8 Å². The lowest BCUT2D eigenvalue weighted by molar-refractivity contribution is 0.476. The predicted molar refractivity (Wildman–Crippen MR) is 82.6 cm³/mol. The van der Waals surface area contributed by atoms with Crippen molar-refractivity contribution in [3.63, 3.8) is 0 Å². The van der Waals surface area contributed by atoms with Crippen molar-refractivity contribution in [1.82, 2.24) is 15.1 Å². The minimum Gasteiger partial charge on any atom is -0.308 e. The number of hydrogen-bond acceptors (Lipinski definition) is 2. The van der Waals surface area contributed by atoms with Gasteiger partial charge in [-0.2, -0.15) is 5.10 Å². The van der Waals surface area contributed by atoms with Crippen molar-refractivity contribution >= 4 is 27.5 Å². The van der Waals surface area contributed by atoms with Crippen molar-refractivity contribution in [3.05, 3.63) is 50.7 Å². The van der Waals surface area contributed by atoms with Crippen molar-refractivity contribution < 1.29 is 8.78 Å². The first-order valence-corrected chi connectivity index (χ1v) is 7.59. The van der Waals surface area contributed by atoms with Crippen molar-refractivity contribution in [2.75, 3.05) is 7.05 Å². The average molecular weight is 379 g/mol. The van der Waals surface area contributed by atoms with Gasteiger partial charge in [-0.15, -0.1) is 0 Å². The molecule has 114 valence electrons. The topological polar surface area (TPSA) is 29.9 Å². The molecule has 0 aliphatic heterocycles. The largest absolute Gasteiger partial charge is 0.308 e. The Hall–Kier alpha value is -0.980. The second kappa shape index (κ2) is 6.42. The molecule has 2 aromatic rings. The van der Waals surface area contributed by atoms with Crippen LogP contribution in [0.3, 0.4) is 0 Å². The Bertz CT molecular complexity index is 658. The van der Waals surface area contributed by atoms with Crippen molar-refractivity contribution in [2.45, 2.75) is 25.9 Å². The van der Waals surface area contributed by atoms with Gasteiger partial charge in [-0.25, -0.2) is 8.78 Å². The molecule has 0 amide bonds. The molecule has 0 saturated carbocycles. The fourth-order valence-corrected chi connectivity index (χ4v) is 3.03. The Morgan fingerprint density at radius 3 is 2.57 bits per heavy atom. The van der Waals surface area contributed by atoms with Crippen LogP contribution in [0.25, 0.3) is 0 Å².